The molecule has 1 atom stereocenters. The van der Waals surface area contributed by atoms with E-state index < -0.39 is 5.97 Å². The number of nitrogens with zero attached hydrogens (tertiary/aromatic N) is 1. The van der Waals surface area contributed by atoms with Crippen LogP contribution in [0.25, 0.3) is 0 Å². The summed E-state index contributed by atoms with van der Waals surface area (Å²) in [6, 6.07) is 0.275. The molecule has 14 heavy (non-hydrogen) atoms. The topological polar surface area (TPSA) is 69.6 Å². The summed E-state index contributed by atoms with van der Waals surface area (Å²) in [5.74, 6) is -1.20. The van der Waals surface area contributed by atoms with E-state index >= 15 is 0 Å². The van der Waals surface area contributed by atoms with E-state index in [0.717, 1.165) is 6.42 Å². The molecule has 1 unspecified atom stereocenters. The number of carbonyl (C=O) groups is 2. The molecule has 0 rings (SSSR count). The molecule has 0 spiro atoms. The van der Waals surface area contributed by atoms with E-state index in [4.69, 9.17) is 5.11 Å². The highest BCUT2D eigenvalue weighted by molar-refractivity contribution is 5.82. The van der Waals surface area contributed by atoms with Crippen molar-refractivity contribution < 1.29 is 14.7 Å². The van der Waals surface area contributed by atoms with Crippen molar-refractivity contribution in [3.05, 3.63) is 0 Å². The molecule has 0 aliphatic rings. The normalized spacial score (nSPS) is 12.2. The molecule has 0 saturated carbocycles. The van der Waals surface area contributed by atoms with Gasteiger partial charge >= 0.3 is 5.97 Å². The van der Waals surface area contributed by atoms with Gasteiger partial charge in [0, 0.05) is 13.1 Å². The van der Waals surface area contributed by atoms with Gasteiger partial charge in [0.1, 0.15) is 6.54 Å². The summed E-state index contributed by atoms with van der Waals surface area (Å²) in [6.07, 6.45) is 0.940. The third-order valence-electron chi connectivity index (χ3n) is 2.01. The van der Waals surface area contributed by atoms with Crippen molar-refractivity contribution in [3.8, 4) is 0 Å². The molecule has 82 valence electrons. The largest absolute Gasteiger partial charge is 0.480 e. The second-order valence-corrected chi connectivity index (χ2v) is 3.33. The fourth-order valence-corrected chi connectivity index (χ4v) is 0.832. The quantitative estimate of drug-likeness (QED) is 0.632. The van der Waals surface area contributed by atoms with E-state index in [2.05, 4.69) is 5.32 Å². The van der Waals surface area contributed by atoms with Crippen LogP contribution in [0.5, 0.6) is 0 Å². The number of amides is 1. The monoisotopic (exact) mass is 202 g/mol. The Hall–Kier alpha value is -1.10. The van der Waals surface area contributed by atoms with E-state index in [-0.39, 0.29) is 25.0 Å². The number of hydrogen-bond donors (Lipinski definition) is 2. The van der Waals surface area contributed by atoms with Gasteiger partial charge in [0.2, 0.25) is 5.91 Å². The Balaban J connectivity index is 3.78. The van der Waals surface area contributed by atoms with Crippen LogP contribution in [0, 0.1) is 0 Å². The molecule has 0 heterocycles. The molecule has 2 N–H and O–H groups in total. The van der Waals surface area contributed by atoms with Crippen molar-refractivity contribution >= 4 is 11.9 Å². The zero-order valence-electron chi connectivity index (χ0n) is 8.91. The minimum absolute atomic E-state index is 0.193. The summed E-state index contributed by atoms with van der Waals surface area (Å²) >= 11 is 0. The molecule has 0 fully saturated rings. The molecule has 0 aromatic carbocycles. The summed E-state index contributed by atoms with van der Waals surface area (Å²) < 4.78 is 0. The molecule has 0 bridgehead atoms. The van der Waals surface area contributed by atoms with Crippen LogP contribution in [0.3, 0.4) is 0 Å². The predicted octanol–water partition coefficient (Wildman–Crippen LogP) is -0.0825. The molecule has 0 aromatic heterocycles. The summed E-state index contributed by atoms with van der Waals surface area (Å²) in [5.41, 5.74) is 0. The minimum atomic E-state index is -0.996. The van der Waals surface area contributed by atoms with Crippen LogP contribution in [-0.4, -0.2) is 48.1 Å². The molecule has 0 aliphatic carbocycles. The Morgan fingerprint density at radius 2 is 2.07 bits per heavy atom. The Labute approximate surface area is 84.1 Å². The molecule has 0 saturated heterocycles. The van der Waals surface area contributed by atoms with Crippen LogP contribution in [-0.2, 0) is 9.59 Å². The van der Waals surface area contributed by atoms with Gasteiger partial charge in [-0.3, -0.25) is 9.59 Å². The first-order valence-electron chi connectivity index (χ1n) is 4.66. The second-order valence-electron chi connectivity index (χ2n) is 3.33. The third-order valence-corrected chi connectivity index (χ3v) is 2.01. The zero-order valence-corrected chi connectivity index (χ0v) is 8.91. The van der Waals surface area contributed by atoms with Crippen LogP contribution in [0.15, 0.2) is 0 Å². The number of carboxylic acid groups (broad SMARTS) is 1. The number of rotatable bonds is 6. The van der Waals surface area contributed by atoms with Gasteiger partial charge in [-0.25, -0.2) is 0 Å². The van der Waals surface area contributed by atoms with E-state index in [1.54, 1.807) is 0 Å². The van der Waals surface area contributed by atoms with E-state index in [1.165, 1.54) is 11.9 Å². The van der Waals surface area contributed by atoms with Crippen molar-refractivity contribution in [1.29, 1.82) is 0 Å². The van der Waals surface area contributed by atoms with Gasteiger partial charge in [-0.15, -0.1) is 0 Å². The molecule has 5 heteroatoms. The van der Waals surface area contributed by atoms with Crippen LogP contribution in [0.4, 0.5) is 0 Å². The average Bonchev–Trinajstić information content (AvgIpc) is 2.12. The van der Waals surface area contributed by atoms with Crippen LogP contribution < -0.4 is 5.32 Å². The third kappa shape index (κ3) is 5.53. The average molecular weight is 202 g/mol. The standard InChI is InChI=1S/C9H18N2O3/c1-4-7(2)10-5-8(12)11(3)6-9(13)14/h7,10H,4-6H2,1-3H3,(H,13,14). The maximum absolute atomic E-state index is 11.3. The first kappa shape index (κ1) is 12.9. The summed E-state index contributed by atoms with van der Waals surface area (Å²) in [7, 11) is 1.48. The lowest BCUT2D eigenvalue weighted by Crippen LogP contribution is -2.40. The summed E-state index contributed by atoms with van der Waals surface area (Å²) in [5, 5.41) is 11.4. The first-order chi connectivity index (χ1) is 6.47. The first-order valence-corrected chi connectivity index (χ1v) is 4.66. The maximum atomic E-state index is 11.3. The summed E-state index contributed by atoms with van der Waals surface area (Å²) in [6.45, 7) is 3.94. The van der Waals surface area contributed by atoms with E-state index in [9.17, 15) is 9.59 Å². The molecular weight excluding hydrogens is 184 g/mol. The molecule has 0 aliphatic heterocycles. The van der Waals surface area contributed by atoms with Crippen LogP contribution in [0.1, 0.15) is 20.3 Å². The molecule has 5 nitrogen and oxygen atoms in total. The summed E-state index contributed by atoms with van der Waals surface area (Å²) in [4.78, 5) is 22.8. The van der Waals surface area contributed by atoms with Gasteiger partial charge < -0.3 is 15.3 Å². The number of carboxylic acids is 1. The lowest BCUT2D eigenvalue weighted by Gasteiger charge is -2.16. The van der Waals surface area contributed by atoms with Crippen molar-refractivity contribution in [2.24, 2.45) is 0 Å². The molecule has 0 radical (unpaired) electrons. The molecular formula is C9H18N2O3. The number of likely N-dealkylation sites (N-methyl/N-ethyl adjacent to an activating group) is 1. The lowest BCUT2D eigenvalue weighted by atomic mass is 10.2. The van der Waals surface area contributed by atoms with Gasteiger partial charge in [-0.05, 0) is 13.3 Å². The van der Waals surface area contributed by atoms with Gasteiger partial charge in [-0.1, -0.05) is 6.92 Å². The number of hydrogen-bond acceptors (Lipinski definition) is 3. The smallest absolute Gasteiger partial charge is 0.323 e. The number of carbonyl (C=O) groups excluding carboxylic acids is 1. The minimum Gasteiger partial charge on any atom is -0.480 e. The van der Waals surface area contributed by atoms with Gasteiger partial charge in [0.15, 0.2) is 0 Å². The highest BCUT2D eigenvalue weighted by Gasteiger charge is 2.11. The lowest BCUT2D eigenvalue weighted by molar-refractivity contribution is -0.143. The van der Waals surface area contributed by atoms with Gasteiger partial charge in [0.25, 0.3) is 0 Å². The Kier molecular flexibility index (Phi) is 5.87. The van der Waals surface area contributed by atoms with E-state index in [1.807, 2.05) is 13.8 Å². The highest BCUT2D eigenvalue weighted by atomic mass is 16.4. The molecule has 1 amide bonds. The van der Waals surface area contributed by atoms with Crippen LogP contribution in [0.2, 0.25) is 0 Å². The Bertz CT molecular complexity index is 206. The van der Waals surface area contributed by atoms with Gasteiger partial charge in [-0.2, -0.15) is 0 Å². The SMILES string of the molecule is CCC(C)NCC(=O)N(C)CC(=O)O. The maximum Gasteiger partial charge on any atom is 0.323 e. The van der Waals surface area contributed by atoms with Crippen molar-refractivity contribution in [2.45, 2.75) is 26.3 Å². The molecule has 0 aromatic rings. The fourth-order valence-electron chi connectivity index (χ4n) is 0.832. The van der Waals surface area contributed by atoms with Crippen LogP contribution >= 0.6 is 0 Å². The highest BCUT2D eigenvalue weighted by Crippen LogP contribution is 1.89. The van der Waals surface area contributed by atoms with Crippen molar-refractivity contribution in [1.82, 2.24) is 10.2 Å². The number of nitrogens with one attached hydrogen (secondary N) is 1. The zero-order chi connectivity index (χ0) is 11.1. The van der Waals surface area contributed by atoms with E-state index in [0.29, 0.717) is 0 Å². The number of aliphatic carboxylic acids is 1. The Morgan fingerprint density at radius 1 is 1.50 bits per heavy atom. The van der Waals surface area contributed by atoms with Gasteiger partial charge in [0.05, 0.1) is 6.54 Å². The Morgan fingerprint density at radius 3 is 2.50 bits per heavy atom. The fraction of sp³-hybridized carbons (Fsp3) is 0.778. The predicted molar refractivity (Wildman–Crippen MR) is 53.0 cm³/mol. The second kappa shape index (κ2) is 6.37. The van der Waals surface area contributed by atoms with Crippen molar-refractivity contribution in [2.75, 3.05) is 20.1 Å². The van der Waals surface area contributed by atoms with Crippen molar-refractivity contribution in [3.63, 3.8) is 0 Å².